The third-order valence-electron chi connectivity index (χ3n) is 7.47. The highest BCUT2D eigenvalue weighted by Crippen LogP contribution is 2.33. The summed E-state index contributed by atoms with van der Waals surface area (Å²) in [7, 11) is 0. The summed E-state index contributed by atoms with van der Waals surface area (Å²) in [6, 6.07) is 15.8. The molecule has 2 aromatic carbocycles. The predicted molar refractivity (Wildman–Crippen MR) is 149 cm³/mol. The van der Waals surface area contributed by atoms with Gasteiger partial charge in [0.2, 0.25) is 0 Å². The Morgan fingerprint density at radius 1 is 1.08 bits per heavy atom. The summed E-state index contributed by atoms with van der Waals surface area (Å²) in [5, 5.41) is 14.7. The van der Waals surface area contributed by atoms with Crippen molar-refractivity contribution in [1.29, 1.82) is 0 Å². The molecule has 1 atom stereocenters. The molecule has 1 N–H and O–H groups in total. The number of hydrogen-bond donors (Lipinski definition) is 1. The van der Waals surface area contributed by atoms with Gasteiger partial charge in [0, 0.05) is 34.6 Å². The van der Waals surface area contributed by atoms with Crippen LogP contribution in [0.5, 0.6) is 5.75 Å². The van der Waals surface area contributed by atoms with Gasteiger partial charge < -0.3 is 9.72 Å². The van der Waals surface area contributed by atoms with Crippen molar-refractivity contribution < 1.29 is 4.74 Å². The zero-order valence-electron chi connectivity index (χ0n) is 22.1. The quantitative estimate of drug-likeness (QED) is 0.259. The molecule has 1 aliphatic carbocycles. The van der Waals surface area contributed by atoms with Gasteiger partial charge in [-0.1, -0.05) is 56.0 Å². The topological polar surface area (TPSA) is 88.9 Å². The van der Waals surface area contributed by atoms with Crippen LogP contribution in [0.3, 0.4) is 0 Å². The molecule has 4 aromatic rings. The highest BCUT2D eigenvalue weighted by molar-refractivity contribution is 6.31. The number of pyridine rings is 1. The number of nitrogens with one attached hydrogen (secondary N) is 1. The van der Waals surface area contributed by atoms with Crippen LogP contribution in [0.1, 0.15) is 81.4 Å². The number of halogens is 1. The smallest absolute Gasteiger partial charge is 0.252 e. The van der Waals surface area contributed by atoms with Crippen molar-refractivity contribution in [3.05, 3.63) is 80.9 Å². The number of nitrogens with zero attached hydrogens (tertiary/aromatic N) is 5. The number of fused-ring (bicyclic) bond motifs is 1. The second-order valence-electron chi connectivity index (χ2n) is 10.00. The summed E-state index contributed by atoms with van der Waals surface area (Å²) in [4.78, 5) is 18.6. The monoisotopic (exact) mass is 534 g/mol. The fourth-order valence-corrected chi connectivity index (χ4v) is 5.75. The molecule has 1 fully saturated rings. The largest absolute Gasteiger partial charge is 0.494 e. The molecule has 5 rings (SSSR count). The van der Waals surface area contributed by atoms with Gasteiger partial charge in [-0.2, -0.15) is 0 Å². The van der Waals surface area contributed by atoms with E-state index in [-0.39, 0.29) is 11.6 Å². The van der Waals surface area contributed by atoms with Crippen LogP contribution >= 0.6 is 11.6 Å². The third kappa shape index (κ3) is 5.76. The molecule has 2 heterocycles. The molecule has 0 saturated heterocycles. The van der Waals surface area contributed by atoms with Crippen LogP contribution in [0.2, 0.25) is 5.02 Å². The van der Waals surface area contributed by atoms with Crippen LogP contribution in [0.15, 0.2) is 53.3 Å². The first-order chi connectivity index (χ1) is 18.6. The second-order valence-corrected chi connectivity index (χ2v) is 10.4. The first-order valence-electron chi connectivity index (χ1n) is 13.6. The highest BCUT2D eigenvalue weighted by atomic mass is 35.5. The van der Waals surface area contributed by atoms with E-state index in [9.17, 15) is 4.79 Å². The van der Waals surface area contributed by atoms with E-state index in [0.29, 0.717) is 36.3 Å². The van der Waals surface area contributed by atoms with Gasteiger partial charge in [0.1, 0.15) is 5.75 Å². The molecule has 1 saturated carbocycles. The maximum absolute atomic E-state index is 13.2. The molecule has 0 aliphatic heterocycles. The number of benzene rings is 2. The first kappa shape index (κ1) is 26.4. The van der Waals surface area contributed by atoms with Gasteiger partial charge in [-0.05, 0) is 72.5 Å². The van der Waals surface area contributed by atoms with Crippen LogP contribution in [-0.2, 0) is 13.1 Å². The Morgan fingerprint density at radius 2 is 1.87 bits per heavy atom. The Hall–Kier alpha value is -3.23. The minimum Gasteiger partial charge on any atom is -0.494 e. The van der Waals surface area contributed by atoms with E-state index in [2.05, 4.69) is 32.3 Å². The van der Waals surface area contributed by atoms with E-state index in [1.54, 1.807) is 0 Å². The Bertz CT molecular complexity index is 1430. The zero-order valence-corrected chi connectivity index (χ0v) is 22.8. The maximum Gasteiger partial charge on any atom is 0.252 e. The summed E-state index contributed by atoms with van der Waals surface area (Å²) in [5.74, 6) is 1.63. The fraction of sp³-hybridized carbons (Fsp3) is 0.448. The Balaban J connectivity index is 1.53. The van der Waals surface area contributed by atoms with Crippen LogP contribution in [0.25, 0.3) is 10.9 Å². The van der Waals surface area contributed by atoms with Crippen LogP contribution in [0.4, 0.5) is 0 Å². The first-order valence-corrected chi connectivity index (χ1v) is 14.0. The van der Waals surface area contributed by atoms with Crippen LogP contribution in [-0.4, -0.2) is 36.7 Å². The van der Waals surface area contributed by atoms with Crippen LogP contribution < -0.4 is 10.3 Å². The second kappa shape index (κ2) is 12.1. The van der Waals surface area contributed by atoms with Gasteiger partial charge in [0.25, 0.3) is 5.56 Å². The zero-order chi connectivity index (χ0) is 26.5. The van der Waals surface area contributed by atoms with Crippen molar-refractivity contribution in [1.82, 2.24) is 30.1 Å². The molecule has 0 amide bonds. The lowest BCUT2D eigenvalue weighted by Crippen LogP contribution is -2.33. The summed E-state index contributed by atoms with van der Waals surface area (Å²) < 4.78 is 7.72. The molecule has 9 heteroatoms. The third-order valence-corrected chi connectivity index (χ3v) is 7.84. The number of aromatic amines is 1. The molecule has 0 bridgehead atoms. The van der Waals surface area contributed by atoms with Crippen molar-refractivity contribution in [2.75, 3.05) is 6.61 Å². The lowest BCUT2D eigenvalue weighted by molar-refractivity contribution is 0.155. The summed E-state index contributed by atoms with van der Waals surface area (Å²) >= 11 is 6.60. The standard InChI is InChI=1S/C29H35ClN6O2/c1-3-27(28-32-33-34-36(28)23-11-6-5-7-12-23)35(18-20-10-8-9-13-25(20)30)19-22-16-21-17-24(38-4-2)14-15-26(21)31-29(22)37/h8-10,13-17,23,27H,3-7,11-12,18-19H2,1-2H3,(H,31,37)/t27-/m0/s1. The van der Waals surface area contributed by atoms with Crippen LogP contribution in [0, 0.1) is 0 Å². The average molecular weight is 535 g/mol. The molecule has 0 unspecified atom stereocenters. The number of tetrazole rings is 1. The number of ether oxygens (including phenoxy) is 1. The van der Waals surface area contributed by atoms with Crippen molar-refractivity contribution in [2.24, 2.45) is 0 Å². The van der Waals surface area contributed by atoms with Crippen molar-refractivity contribution in [3.8, 4) is 5.75 Å². The summed E-state index contributed by atoms with van der Waals surface area (Å²) in [6.45, 7) is 5.67. The Labute approximate surface area is 228 Å². The fourth-order valence-electron chi connectivity index (χ4n) is 5.55. The molecule has 38 heavy (non-hydrogen) atoms. The Kier molecular flexibility index (Phi) is 8.39. The lowest BCUT2D eigenvalue weighted by atomic mass is 9.95. The summed E-state index contributed by atoms with van der Waals surface area (Å²) in [5.41, 5.74) is 2.36. The van der Waals surface area contributed by atoms with E-state index in [4.69, 9.17) is 16.3 Å². The van der Waals surface area contributed by atoms with Crippen molar-refractivity contribution in [3.63, 3.8) is 0 Å². The number of H-pyrrole nitrogens is 1. The highest BCUT2D eigenvalue weighted by Gasteiger charge is 2.29. The normalized spacial score (nSPS) is 15.3. The van der Waals surface area contributed by atoms with Gasteiger partial charge in [-0.3, -0.25) is 9.69 Å². The molecule has 1 aliphatic rings. The minimum atomic E-state index is -0.104. The number of hydrogen-bond acceptors (Lipinski definition) is 6. The molecule has 0 radical (unpaired) electrons. The van der Waals surface area contributed by atoms with Crippen molar-refractivity contribution in [2.45, 2.75) is 77.5 Å². The van der Waals surface area contributed by atoms with Gasteiger partial charge >= 0.3 is 0 Å². The van der Waals surface area contributed by atoms with E-state index in [1.807, 2.05) is 60.1 Å². The van der Waals surface area contributed by atoms with Gasteiger partial charge in [0.05, 0.1) is 18.7 Å². The lowest BCUT2D eigenvalue weighted by Gasteiger charge is -2.32. The molecular weight excluding hydrogens is 500 g/mol. The summed E-state index contributed by atoms with van der Waals surface area (Å²) in [6.07, 6.45) is 6.62. The number of rotatable bonds is 10. The van der Waals surface area contributed by atoms with Crippen molar-refractivity contribution >= 4 is 22.5 Å². The average Bonchev–Trinajstić information content (AvgIpc) is 3.41. The maximum atomic E-state index is 13.2. The van der Waals surface area contributed by atoms with E-state index < -0.39 is 0 Å². The van der Waals surface area contributed by atoms with E-state index >= 15 is 0 Å². The molecule has 8 nitrogen and oxygen atoms in total. The van der Waals surface area contributed by atoms with Gasteiger partial charge in [-0.25, -0.2) is 4.68 Å². The molecule has 2 aromatic heterocycles. The SMILES string of the molecule is CCOc1ccc2[nH]c(=O)c(CN(Cc3ccccc3Cl)[C@@H](CC)c3nnnn3C3CCCCC3)cc2c1. The van der Waals surface area contributed by atoms with Gasteiger partial charge in [-0.15, -0.1) is 5.10 Å². The number of aromatic nitrogens is 5. The molecular formula is C29H35ClN6O2. The Morgan fingerprint density at radius 3 is 2.63 bits per heavy atom. The molecule has 0 spiro atoms. The molecule has 200 valence electrons. The van der Waals surface area contributed by atoms with E-state index in [1.165, 1.54) is 19.3 Å². The minimum absolute atomic E-state index is 0.0898. The predicted octanol–water partition coefficient (Wildman–Crippen LogP) is 6.23. The van der Waals surface area contributed by atoms with E-state index in [0.717, 1.165) is 47.3 Å². The van der Waals surface area contributed by atoms with Gasteiger partial charge in [0.15, 0.2) is 5.82 Å².